The third kappa shape index (κ3) is 3.85. The zero-order chi connectivity index (χ0) is 17.1. The molecule has 0 radical (unpaired) electrons. The molecular weight excluding hydrogens is 300 g/mol. The third-order valence-electron chi connectivity index (χ3n) is 4.51. The Morgan fingerprint density at radius 1 is 1.04 bits per heavy atom. The van der Waals surface area contributed by atoms with Gasteiger partial charge in [-0.2, -0.15) is 0 Å². The van der Waals surface area contributed by atoms with Crippen molar-refractivity contribution in [3.63, 3.8) is 0 Å². The van der Waals surface area contributed by atoms with E-state index in [2.05, 4.69) is 46.8 Å². The van der Waals surface area contributed by atoms with Gasteiger partial charge >= 0.3 is 0 Å². The maximum atomic E-state index is 9.97. The molecule has 0 aliphatic carbocycles. The monoisotopic (exact) mass is 326 g/mol. The predicted octanol–water partition coefficient (Wildman–Crippen LogP) is 2.94. The minimum Gasteiger partial charge on any atom is -0.506 e. The van der Waals surface area contributed by atoms with Gasteiger partial charge in [0.05, 0.1) is 5.69 Å². The lowest BCUT2D eigenvalue weighted by Crippen LogP contribution is -2.46. The Kier molecular flexibility index (Phi) is 5.00. The van der Waals surface area contributed by atoms with Crippen LogP contribution in [0.5, 0.6) is 5.75 Å². The van der Waals surface area contributed by atoms with Crippen molar-refractivity contribution in [2.24, 2.45) is 0 Å². The normalized spacial score (nSPS) is 15.9. The van der Waals surface area contributed by atoms with E-state index < -0.39 is 0 Å². The smallest absolute Gasteiger partial charge is 0.138 e. The lowest BCUT2D eigenvalue weighted by atomic mass is 10.1. The van der Waals surface area contributed by atoms with Crippen LogP contribution in [0.4, 0.5) is 5.82 Å². The average Bonchev–Trinajstić information content (AvgIpc) is 2.59. The fourth-order valence-corrected chi connectivity index (χ4v) is 3.00. The first-order valence-electron chi connectivity index (χ1n) is 8.62. The molecule has 0 amide bonds. The Morgan fingerprint density at radius 3 is 2.50 bits per heavy atom. The van der Waals surface area contributed by atoms with Gasteiger partial charge in [0.1, 0.15) is 11.6 Å². The summed E-state index contributed by atoms with van der Waals surface area (Å²) in [5, 5.41) is 9.97. The van der Waals surface area contributed by atoms with E-state index in [1.165, 1.54) is 0 Å². The summed E-state index contributed by atoms with van der Waals surface area (Å²) in [6.07, 6.45) is 0. The molecule has 5 nitrogen and oxygen atoms in total. The Bertz CT molecular complexity index is 694. The maximum Gasteiger partial charge on any atom is 0.138 e. The summed E-state index contributed by atoms with van der Waals surface area (Å²) >= 11 is 0. The fraction of sp³-hybridized carbons (Fsp3) is 0.474. The summed E-state index contributed by atoms with van der Waals surface area (Å²) in [6.45, 7) is 10.8. The molecule has 0 aromatic carbocycles. The van der Waals surface area contributed by atoms with E-state index in [1.54, 1.807) is 6.07 Å². The standard InChI is InChI=1S/C19H26N4O/c1-14(2)16-5-4-6-19(21-16)23-11-9-22(10-12-23)13-17-18(24)8-7-15(3)20-17/h4-8,14,24H,9-13H2,1-3H3. The zero-order valence-corrected chi connectivity index (χ0v) is 14.7. The second-order valence-electron chi connectivity index (χ2n) is 6.76. The quantitative estimate of drug-likeness (QED) is 0.936. The number of hydrogen-bond donors (Lipinski definition) is 1. The predicted molar refractivity (Wildman–Crippen MR) is 96.5 cm³/mol. The highest BCUT2D eigenvalue weighted by Gasteiger charge is 2.20. The average molecular weight is 326 g/mol. The summed E-state index contributed by atoms with van der Waals surface area (Å²) < 4.78 is 0. The van der Waals surface area contributed by atoms with Crippen molar-refractivity contribution in [1.29, 1.82) is 0 Å². The lowest BCUT2D eigenvalue weighted by molar-refractivity contribution is 0.243. The van der Waals surface area contributed by atoms with E-state index in [9.17, 15) is 5.11 Å². The molecule has 5 heteroatoms. The van der Waals surface area contributed by atoms with Crippen molar-refractivity contribution in [3.8, 4) is 5.75 Å². The number of rotatable bonds is 4. The molecular formula is C19H26N4O. The summed E-state index contributed by atoms with van der Waals surface area (Å²) in [7, 11) is 0. The number of piperazine rings is 1. The van der Waals surface area contributed by atoms with Crippen LogP contribution in [0.2, 0.25) is 0 Å². The molecule has 0 atom stereocenters. The molecule has 2 aromatic heterocycles. The van der Waals surface area contributed by atoms with Crippen LogP contribution in [-0.2, 0) is 6.54 Å². The van der Waals surface area contributed by atoms with Crippen molar-refractivity contribution < 1.29 is 5.11 Å². The molecule has 0 bridgehead atoms. The third-order valence-corrected chi connectivity index (χ3v) is 4.51. The molecule has 3 heterocycles. The van der Waals surface area contributed by atoms with E-state index in [0.29, 0.717) is 12.5 Å². The largest absolute Gasteiger partial charge is 0.506 e. The fourth-order valence-electron chi connectivity index (χ4n) is 3.00. The molecule has 1 fully saturated rings. The number of nitrogens with zero attached hydrogens (tertiary/aromatic N) is 4. The highest BCUT2D eigenvalue weighted by molar-refractivity contribution is 5.40. The molecule has 24 heavy (non-hydrogen) atoms. The van der Waals surface area contributed by atoms with Gasteiger partial charge in [-0.15, -0.1) is 0 Å². The van der Waals surface area contributed by atoms with Crippen LogP contribution in [0.1, 0.15) is 36.8 Å². The van der Waals surface area contributed by atoms with Crippen molar-refractivity contribution in [2.45, 2.75) is 33.2 Å². The molecule has 0 spiro atoms. The van der Waals surface area contributed by atoms with Crippen molar-refractivity contribution in [2.75, 3.05) is 31.1 Å². The Labute approximate surface area is 144 Å². The number of hydrogen-bond acceptors (Lipinski definition) is 5. The van der Waals surface area contributed by atoms with Crippen LogP contribution in [0.15, 0.2) is 30.3 Å². The van der Waals surface area contributed by atoms with Crippen LogP contribution < -0.4 is 4.90 Å². The molecule has 2 aromatic rings. The van der Waals surface area contributed by atoms with Gasteiger partial charge in [0.25, 0.3) is 0 Å². The molecule has 1 aliphatic rings. The number of aromatic nitrogens is 2. The van der Waals surface area contributed by atoms with Crippen LogP contribution in [0.3, 0.4) is 0 Å². The Balaban J connectivity index is 1.61. The van der Waals surface area contributed by atoms with E-state index >= 15 is 0 Å². The molecule has 1 saturated heterocycles. The minimum absolute atomic E-state index is 0.286. The Hall–Kier alpha value is -2.14. The van der Waals surface area contributed by atoms with Gasteiger partial charge in [0.2, 0.25) is 0 Å². The van der Waals surface area contributed by atoms with Gasteiger partial charge in [-0.3, -0.25) is 9.88 Å². The summed E-state index contributed by atoms with van der Waals surface area (Å²) in [6, 6.07) is 9.85. The van der Waals surface area contributed by atoms with Gasteiger partial charge in [0.15, 0.2) is 0 Å². The molecule has 1 aliphatic heterocycles. The second-order valence-corrected chi connectivity index (χ2v) is 6.76. The van der Waals surface area contributed by atoms with Gasteiger partial charge in [0, 0.05) is 44.1 Å². The molecule has 0 saturated carbocycles. The van der Waals surface area contributed by atoms with Crippen molar-refractivity contribution >= 4 is 5.82 Å². The van der Waals surface area contributed by atoms with Crippen LogP contribution in [0, 0.1) is 6.92 Å². The van der Waals surface area contributed by atoms with Crippen LogP contribution in [0.25, 0.3) is 0 Å². The first kappa shape index (κ1) is 16.7. The number of aromatic hydroxyl groups is 1. The Morgan fingerprint density at radius 2 is 1.79 bits per heavy atom. The number of pyridine rings is 2. The van der Waals surface area contributed by atoms with Crippen molar-refractivity contribution in [1.82, 2.24) is 14.9 Å². The van der Waals surface area contributed by atoms with E-state index in [1.807, 2.05) is 13.0 Å². The second kappa shape index (κ2) is 7.18. The van der Waals surface area contributed by atoms with Gasteiger partial charge in [-0.25, -0.2) is 4.98 Å². The summed E-state index contributed by atoms with van der Waals surface area (Å²) in [5.74, 6) is 1.80. The van der Waals surface area contributed by atoms with Gasteiger partial charge < -0.3 is 10.0 Å². The highest BCUT2D eigenvalue weighted by Crippen LogP contribution is 2.21. The molecule has 1 N–H and O–H groups in total. The summed E-state index contributed by atoms with van der Waals surface area (Å²) in [4.78, 5) is 13.9. The van der Waals surface area contributed by atoms with Crippen LogP contribution in [-0.4, -0.2) is 46.2 Å². The van der Waals surface area contributed by atoms with Gasteiger partial charge in [-0.05, 0) is 37.1 Å². The molecule has 3 rings (SSSR count). The van der Waals surface area contributed by atoms with Gasteiger partial charge in [-0.1, -0.05) is 19.9 Å². The number of anilines is 1. The number of aryl methyl sites for hydroxylation is 1. The minimum atomic E-state index is 0.286. The van der Waals surface area contributed by atoms with Crippen molar-refractivity contribution in [3.05, 3.63) is 47.4 Å². The van der Waals surface area contributed by atoms with E-state index in [-0.39, 0.29) is 5.75 Å². The van der Waals surface area contributed by atoms with Crippen LogP contribution >= 0.6 is 0 Å². The first-order valence-corrected chi connectivity index (χ1v) is 8.62. The molecule has 128 valence electrons. The first-order chi connectivity index (χ1) is 11.5. The molecule has 0 unspecified atom stereocenters. The SMILES string of the molecule is Cc1ccc(O)c(CN2CCN(c3cccc(C(C)C)n3)CC2)n1. The van der Waals surface area contributed by atoms with E-state index in [0.717, 1.165) is 49.1 Å². The summed E-state index contributed by atoms with van der Waals surface area (Å²) in [5.41, 5.74) is 2.85. The highest BCUT2D eigenvalue weighted by atomic mass is 16.3. The lowest BCUT2D eigenvalue weighted by Gasteiger charge is -2.35. The zero-order valence-electron chi connectivity index (χ0n) is 14.7. The maximum absolute atomic E-state index is 9.97. The topological polar surface area (TPSA) is 52.5 Å². The van der Waals surface area contributed by atoms with E-state index in [4.69, 9.17) is 4.98 Å².